The summed E-state index contributed by atoms with van der Waals surface area (Å²) in [5.74, 6) is 0.0481. The molecule has 0 fully saturated rings. The highest BCUT2D eigenvalue weighted by molar-refractivity contribution is 9.09. The van der Waals surface area contributed by atoms with Gasteiger partial charge in [0.05, 0.1) is 0 Å². The molecule has 1 atom stereocenters. The van der Waals surface area contributed by atoms with Gasteiger partial charge >= 0.3 is 0 Å². The highest BCUT2D eigenvalue weighted by Gasteiger charge is 2.14. The lowest BCUT2D eigenvalue weighted by atomic mass is 10.0. The van der Waals surface area contributed by atoms with Gasteiger partial charge in [0.2, 0.25) is 0 Å². The Hall–Kier alpha value is -0.830. The summed E-state index contributed by atoms with van der Waals surface area (Å²) in [7, 11) is 3.52. The molecule has 1 amide bonds. The highest BCUT2D eigenvalue weighted by atomic mass is 79.9. The van der Waals surface area contributed by atoms with Crippen LogP contribution in [0.3, 0.4) is 0 Å². The minimum atomic E-state index is 0.0481. The molecule has 3 heteroatoms. The highest BCUT2D eigenvalue weighted by Crippen LogP contribution is 2.25. The molecule has 0 saturated heterocycles. The Labute approximate surface area is 93.0 Å². The normalized spacial score (nSPS) is 12.3. The smallest absolute Gasteiger partial charge is 0.253 e. The van der Waals surface area contributed by atoms with Crippen molar-refractivity contribution >= 4 is 21.8 Å². The number of rotatable bonds is 2. The van der Waals surface area contributed by atoms with Gasteiger partial charge in [-0.1, -0.05) is 34.1 Å². The first-order valence-corrected chi connectivity index (χ1v) is 5.40. The van der Waals surface area contributed by atoms with E-state index in [-0.39, 0.29) is 10.7 Å². The van der Waals surface area contributed by atoms with Gasteiger partial charge in [-0.3, -0.25) is 4.79 Å². The molecule has 0 saturated carbocycles. The second-order valence-corrected chi connectivity index (χ2v) is 4.78. The van der Waals surface area contributed by atoms with Crippen molar-refractivity contribution in [2.24, 2.45) is 0 Å². The number of benzene rings is 1. The number of hydrogen-bond acceptors (Lipinski definition) is 1. The molecule has 1 aromatic rings. The third-order valence-corrected chi connectivity index (χ3v) is 2.52. The van der Waals surface area contributed by atoms with Crippen molar-refractivity contribution in [2.75, 3.05) is 14.1 Å². The standard InChI is InChI=1S/C11H14BrNO/c1-8(12)9-6-4-5-7-10(9)11(14)13(2)3/h4-8H,1-3H3. The van der Waals surface area contributed by atoms with E-state index in [9.17, 15) is 4.79 Å². The van der Waals surface area contributed by atoms with E-state index < -0.39 is 0 Å². The van der Waals surface area contributed by atoms with Crippen LogP contribution in [0.4, 0.5) is 0 Å². The van der Waals surface area contributed by atoms with Crippen LogP contribution in [0.15, 0.2) is 24.3 Å². The third-order valence-electron chi connectivity index (χ3n) is 2.03. The predicted molar refractivity (Wildman–Crippen MR) is 61.8 cm³/mol. The molecule has 0 aliphatic heterocycles. The van der Waals surface area contributed by atoms with Crippen LogP contribution in [0.5, 0.6) is 0 Å². The maximum atomic E-state index is 11.8. The number of halogens is 1. The minimum Gasteiger partial charge on any atom is -0.345 e. The number of carbonyl (C=O) groups is 1. The van der Waals surface area contributed by atoms with E-state index in [2.05, 4.69) is 15.9 Å². The summed E-state index contributed by atoms with van der Waals surface area (Å²) in [6.07, 6.45) is 0. The van der Waals surface area contributed by atoms with Crippen molar-refractivity contribution < 1.29 is 4.79 Å². The summed E-state index contributed by atoms with van der Waals surface area (Å²) in [5, 5.41) is 0. The Kier molecular flexibility index (Phi) is 3.69. The van der Waals surface area contributed by atoms with Gasteiger partial charge < -0.3 is 4.90 Å². The van der Waals surface area contributed by atoms with E-state index in [0.717, 1.165) is 11.1 Å². The summed E-state index contributed by atoms with van der Waals surface area (Å²) in [4.78, 5) is 13.6. The first kappa shape index (κ1) is 11.2. The van der Waals surface area contributed by atoms with E-state index in [1.807, 2.05) is 31.2 Å². The average Bonchev–Trinajstić information content (AvgIpc) is 2.16. The molecular weight excluding hydrogens is 242 g/mol. The Morgan fingerprint density at radius 1 is 1.36 bits per heavy atom. The fraction of sp³-hybridized carbons (Fsp3) is 0.364. The van der Waals surface area contributed by atoms with Gasteiger partial charge in [-0.15, -0.1) is 0 Å². The second kappa shape index (κ2) is 4.60. The molecular formula is C11H14BrNO. The van der Waals surface area contributed by atoms with Crippen molar-refractivity contribution in [3.05, 3.63) is 35.4 Å². The Morgan fingerprint density at radius 2 is 1.93 bits per heavy atom. The van der Waals surface area contributed by atoms with E-state index in [0.29, 0.717) is 0 Å². The lowest BCUT2D eigenvalue weighted by Crippen LogP contribution is -2.23. The maximum Gasteiger partial charge on any atom is 0.253 e. The van der Waals surface area contributed by atoms with Gasteiger partial charge in [-0.25, -0.2) is 0 Å². The molecule has 0 N–H and O–H groups in total. The van der Waals surface area contributed by atoms with Crippen LogP contribution in [-0.4, -0.2) is 24.9 Å². The summed E-state index contributed by atoms with van der Waals surface area (Å²) in [6.45, 7) is 2.02. The fourth-order valence-electron chi connectivity index (χ4n) is 1.28. The maximum absolute atomic E-state index is 11.8. The van der Waals surface area contributed by atoms with Crippen LogP contribution in [-0.2, 0) is 0 Å². The van der Waals surface area contributed by atoms with Crippen molar-refractivity contribution in [3.8, 4) is 0 Å². The molecule has 0 bridgehead atoms. The summed E-state index contributed by atoms with van der Waals surface area (Å²) >= 11 is 3.48. The third kappa shape index (κ3) is 2.35. The van der Waals surface area contributed by atoms with Crippen LogP contribution >= 0.6 is 15.9 Å². The second-order valence-electron chi connectivity index (χ2n) is 3.40. The SMILES string of the molecule is CC(Br)c1ccccc1C(=O)N(C)C. The molecule has 0 radical (unpaired) electrons. The molecule has 0 spiro atoms. The summed E-state index contributed by atoms with van der Waals surface area (Å²) in [6, 6.07) is 7.65. The molecule has 0 aliphatic rings. The van der Waals surface area contributed by atoms with E-state index in [1.165, 1.54) is 0 Å². The van der Waals surface area contributed by atoms with Gasteiger partial charge in [-0.05, 0) is 18.6 Å². The Morgan fingerprint density at radius 3 is 2.43 bits per heavy atom. The number of carbonyl (C=O) groups excluding carboxylic acids is 1. The summed E-state index contributed by atoms with van der Waals surface area (Å²) < 4.78 is 0. The van der Waals surface area contributed by atoms with Crippen LogP contribution < -0.4 is 0 Å². The average molecular weight is 256 g/mol. The first-order valence-electron chi connectivity index (χ1n) is 4.48. The lowest BCUT2D eigenvalue weighted by Gasteiger charge is -2.15. The van der Waals surface area contributed by atoms with Crippen LogP contribution in [0, 0.1) is 0 Å². The monoisotopic (exact) mass is 255 g/mol. The number of amides is 1. The molecule has 0 heterocycles. The van der Waals surface area contributed by atoms with E-state index >= 15 is 0 Å². The van der Waals surface area contributed by atoms with Crippen molar-refractivity contribution in [1.82, 2.24) is 4.90 Å². The molecule has 1 aromatic carbocycles. The number of hydrogen-bond donors (Lipinski definition) is 0. The molecule has 0 aromatic heterocycles. The molecule has 14 heavy (non-hydrogen) atoms. The zero-order valence-electron chi connectivity index (χ0n) is 8.62. The molecule has 2 nitrogen and oxygen atoms in total. The largest absolute Gasteiger partial charge is 0.345 e. The zero-order valence-corrected chi connectivity index (χ0v) is 10.2. The quantitative estimate of drug-likeness (QED) is 0.745. The molecule has 0 aliphatic carbocycles. The van der Waals surface area contributed by atoms with E-state index in [4.69, 9.17) is 0 Å². The minimum absolute atomic E-state index is 0.0481. The van der Waals surface area contributed by atoms with Crippen LogP contribution in [0.1, 0.15) is 27.7 Å². The molecule has 76 valence electrons. The first-order chi connectivity index (χ1) is 6.54. The zero-order chi connectivity index (χ0) is 10.7. The van der Waals surface area contributed by atoms with Crippen LogP contribution in [0.25, 0.3) is 0 Å². The van der Waals surface area contributed by atoms with Crippen molar-refractivity contribution in [1.29, 1.82) is 0 Å². The number of alkyl halides is 1. The summed E-state index contributed by atoms with van der Waals surface area (Å²) in [5.41, 5.74) is 1.80. The Balaban J connectivity index is 3.13. The van der Waals surface area contributed by atoms with Gasteiger partial charge in [-0.2, -0.15) is 0 Å². The topological polar surface area (TPSA) is 20.3 Å². The predicted octanol–water partition coefficient (Wildman–Crippen LogP) is 2.84. The Bertz CT molecular complexity index is 334. The number of nitrogens with zero attached hydrogens (tertiary/aromatic N) is 1. The van der Waals surface area contributed by atoms with Crippen LogP contribution in [0.2, 0.25) is 0 Å². The van der Waals surface area contributed by atoms with Gasteiger partial charge in [0.25, 0.3) is 5.91 Å². The van der Waals surface area contributed by atoms with Gasteiger partial charge in [0.15, 0.2) is 0 Å². The van der Waals surface area contributed by atoms with E-state index in [1.54, 1.807) is 19.0 Å². The van der Waals surface area contributed by atoms with Crippen molar-refractivity contribution in [2.45, 2.75) is 11.8 Å². The molecule has 1 rings (SSSR count). The van der Waals surface area contributed by atoms with Crippen molar-refractivity contribution in [3.63, 3.8) is 0 Å². The van der Waals surface area contributed by atoms with Gasteiger partial charge in [0.1, 0.15) is 0 Å². The van der Waals surface area contributed by atoms with Gasteiger partial charge in [0, 0.05) is 24.5 Å². The molecule has 1 unspecified atom stereocenters. The fourth-order valence-corrected chi connectivity index (χ4v) is 1.68. The lowest BCUT2D eigenvalue weighted by molar-refractivity contribution is 0.0826.